The third-order valence-electron chi connectivity index (χ3n) is 2.93. The maximum Gasteiger partial charge on any atom is 0.255 e. The smallest absolute Gasteiger partial charge is 0.255 e. The second-order valence-corrected chi connectivity index (χ2v) is 7.50. The molecule has 0 atom stereocenters. The summed E-state index contributed by atoms with van der Waals surface area (Å²) in [6.45, 7) is 0. The number of halogens is 1. The van der Waals surface area contributed by atoms with Gasteiger partial charge in [0.1, 0.15) is 10.6 Å². The van der Waals surface area contributed by atoms with Crippen LogP contribution in [0.1, 0.15) is 10.4 Å². The topological polar surface area (TPSA) is 72.5 Å². The zero-order valence-corrected chi connectivity index (χ0v) is 14.4. The number of benzene rings is 2. The lowest BCUT2D eigenvalue weighted by molar-refractivity contribution is 0.102. The fourth-order valence-electron chi connectivity index (χ4n) is 1.84. The van der Waals surface area contributed by atoms with Crippen LogP contribution in [0.5, 0.6) is 5.75 Å². The lowest BCUT2D eigenvalue weighted by Crippen LogP contribution is -2.13. The molecular formula is C15H14BrNO4S. The van der Waals surface area contributed by atoms with E-state index in [1.165, 1.54) is 25.3 Å². The van der Waals surface area contributed by atoms with Crippen molar-refractivity contribution in [3.05, 3.63) is 52.5 Å². The minimum Gasteiger partial charge on any atom is -0.495 e. The van der Waals surface area contributed by atoms with E-state index in [1.54, 1.807) is 24.3 Å². The van der Waals surface area contributed by atoms with Gasteiger partial charge in [-0.3, -0.25) is 4.79 Å². The van der Waals surface area contributed by atoms with E-state index >= 15 is 0 Å². The Morgan fingerprint density at radius 2 is 1.77 bits per heavy atom. The lowest BCUT2D eigenvalue weighted by Gasteiger charge is -2.10. The molecule has 5 nitrogen and oxygen atoms in total. The normalized spacial score (nSPS) is 11.0. The van der Waals surface area contributed by atoms with E-state index in [9.17, 15) is 13.2 Å². The highest BCUT2D eigenvalue weighted by molar-refractivity contribution is 9.10. The molecule has 1 amide bonds. The van der Waals surface area contributed by atoms with E-state index in [4.69, 9.17) is 4.74 Å². The molecule has 0 aromatic heterocycles. The minimum absolute atomic E-state index is 0.0153. The van der Waals surface area contributed by atoms with Gasteiger partial charge < -0.3 is 10.1 Å². The van der Waals surface area contributed by atoms with Crippen molar-refractivity contribution in [2.24, 2.45) is 0 Å². The van der Waals surface area contributed by atoms with Crippen LogP contribution in [-0.4, -0.2) is 27.7 Å². The van der Waals surface area contributed by atoms with Crippen LogP contribution >= 0.6 is 15.9 Å². The molecule has 2 aromatic carbocycles. The molecule has 0 heterocycles. The average Bonchev–Trinajstić information content (AvgIpc) is 2.48. The summed E-state index contributed by atoms with van der Waals surface area (Å²) in [7, 11) is -2.11. The van der Waals surface area contributed by atoms with Crippen molar-refractivity contribution < 1.29 is 17.9 Å². The summed E-state index contributed by atoms with van der Waals surface area (Å²) in [6.07, 6.45) is 1.07. The molecule has 1 N–H and O–H groups in total. The molecule has 0 saturated heterocycles. The quantitative estimate of drug-likeness (QED) is 0.879. The van der Waals surface area contributed by atoms with Crippen LogP contribution < -0.4 is 10.1 Å². The number of amides is 1. The van der Waals surface area contributed by atoms with E-state index in [0.717, 1.165) is 10.7 Å². The van der Waals surface area contributed by atoms with E-state index in [2.05, 4.69) is 21.2 Å². The van der Waals surface area contributed by atoms with Gasteiger partial charge in [0.25, 0.3) is 5.91 Å². The number of hydrogen-bond donors (Lipinski definition) is 1. The van der Waals surface area contributed by atoms with E-state index in [-0.39, 0.29) is 16.2 Å². The lowest BCUT2D eigenvalue weighted by atomic mass is 10.2. The van der Waals surface area contributed by atoms with Gasteiger partial charge in [0.05, 0.1) is 7.11 Å². The number of anilines is 1. The summed E-state index contributed by atoms with van der Waals surface area (Å²) in [4.78, 5) is 12.2. The molecule has 0 bridgehead atoms. The maximum absolute atomic E-state index is 12.2. The van der Waals surface area contributed by atoms with Gasteiger partial charge in [0.2, 0.25) is 0 Å². The van der Waals surface area contributed by atoms with Crippen molar-refractivity contribution in [3.63, 3.8) is 0 Å². The van der Waals surface area contributed by atoms with Gasteiger partial charge >= 0.3 is 0 Å². The predicted octanol–water partition coefficient (Wildman–Crippen LogP) is 3.11. The zero-order valence-electron chi connectivity index (χ0n) is 12.0. The van der Waals surface area contributed by atoms with E-state index in [0.29, 0.717) is 5.69 Å². The Kier molecular flexibility index (Phi) is 4.87. The summed E-state index contributed by atoms with van der Waals surface area (Å²) in [5.74, 6) is -0.183. The third kappa shape index (κ3) is 3.86. The zero-order chi connectivity index (χ0) is 16.3. The van der Waals surface area contributed by atoms with Gasteiger partial charge in [-0.25, -0.2) is 8.42 Å². The first-order valence-corrected chi connectivity index (χ1v) is 8.94. The molecule has 0 saturated carbocycles. The first-order chi connectivity index (χ1) is 10.3. The van der Waals surface area contributed by atoms with Crippen LogP contribution in [0.25, 0.3) is 0 Å². The fraction of sp³-hybridized carbons (Fsp3) is 0.133. The molecule has 0 aliphatic rings. The van der Waals surface area contributed by atoms with Crippen LogP contribution in [0.15, 0.2) is 51.8 Å². The monoisotopic (exact) mass is 383 g/mol. The Morgan fingerprint density at radius 1 is 1.14 bits per heavy atom. The number of methoxy groups -OCH3 is 1. The molecule has 0 unspecified atom stereocenters. The van der Waals surface area contributed by atoms with Crippen molar-refractivity contribution in [1.82, 2.24) is 0 Å². The highest BCUT2D eigenvalue weighted by Crippen LogP contribution is 2.25. The average molecular weight is 384 g/mol. The van der Waals surface area contributed by atoms with Crippen molar-refractivity contribution >= 4 is 37.4 Å². The first-order valence-electron chi connectivity index (χ1n) is 6.26. The van der Waals surface area contributed by atoms with Crippen molar-refractivity contribution in [1.29, 1.82) is 0 Å². The molecule has 7 heteroatoms. The first kappa shape index (κ1) is 16.5. The summed E-state index contributed by atoms with van der Waals surface area (Å²) in [5, 5.41) is 2.71. The number of hydrogen-bond acceptors (Lipinski definition) is 4. The van der Waals surface area contributed by atoms with Gasteiger partial charge in [0, 0.05) is 22.0 Å². The molecule has 2 aromatic rings. The Balaban J connectivity index is 2.32. The molecule has 0 fully saturated rings. The molecule has 0 spiro atoms. The Morgan fingerprint density at radius 3 is 2.32 bits per heavy atom. The van der Waals surface area contributed by atoms with Crippen molar-refractivity contribution in [3.8, 4) is 5.75 Å². The number of carbonyl (C=O) groups excluding carboxylic acids is 1. The van der Waals surface area contributed by atoms with Crippen LogP contribution in [-0.2, 0) is 9.84 Å². The molecule has 0 aliphatic carbocycles. The van der Waals surface area contributed by atoms with Gasteiger partial charge in [-0.15, -0.1) is 0 Å². The molecular weight excluding hydrogens is 370 g/mol. The molecule has 0 radical (unpaired) electrons. The van der Waals surface area contributed by atoms with E-state index in [1.807, 2.05) is 0 Å². The Bertz CT molecular complexity index is 801. The standard InChI is InChI=1S/C15H14BrNO4S/c1-21-13-8-3-10(9-14(13)22(2,19)20)15(18)17-12-6-4-11(16)5-7-12/h3-9H,1-2H3,(H,17,18). The second kappa shape index (κ2) is 6.50. The van der Waals surface area contributed by atoms with Gasteiger partial charge in [-0.1, -0.05) is 15.9 Å². The third-order valence-corrected chi connectivity index (χ3v) is 4.57. The van der Waals surface area contributed by atoms with Gasteiger partial charge in [-0.05, 0) is 42.5 Å². The molecule has 116 valence electrons. The number of sulfone groups is 1. The Hall–Kier alpha value is -1.86. The maximum atomic E-state index is 12.2. The van der Waals surface area contributed by atoms with Crippen molar-refractivity contribution in [2.45, 2.75) is 4.90 Å². The summed E-state index contributed by atoms with van der Waals surface area (Å²) in [6, 6.07) is 11.4. The minimum atomic E-state index is -3.49. The largest absolute Gasteiger partial charge is 0.495 e. The number of carbonyl (C=O) groups is 1. The highest BCUT2D eigenvalue weighted by atomic mass is 79.9. The van der Waals surface area contributed by atoms with Gasteiger partial charge in [0.15, 0.2) is 9.84 Å². The fourth-order valence-corrected chi connectivity index (χ4v) is 2.97. The highest BCUT2D eigenvalue weighted by Gasteiger charge is 2.17. The summed E-state index contributed by atoms with van der Waals surface area (Å²) < 4.78 is 29.5. The number of nitrogens with one attached hydrogen (secondary N) is 1. The van der Waals surface area contributed by atoms with Crippen LogP contribution in [0.2, 0.25) is 0 Å². The second-order valence-electron chi connectivity index (χ2n) is 4.60. The molecule has 22 heavy (non-hydrogen) atoms. The number of rotatable bonds is 4. The number of ether oxygens (including phenoxy) is 1. The van der Waals surface area contributed by atoms with Crippen LogP contribution in [0.3, 0.4) is 0 Å². The van der Waals surface area contributed by atoms with Crippen molar-refractivity contribution in [2.75, 3.05) is 18.7 Å². The van der Waals surface area contributed by atoms with Crippen LogP contribution in [0.4, 0.5) is 5.69 Å². The summed E-state index contributed by atoms with van der Waals surface area (Å²) >= 11 is 3.31. The van der Waals surface area contributed by atoms with E-state index < -0.39 is 15.7 Å². The summed E-state index contributed by atoms with van der Waals surface area (Å²) in [5.41, 5.74) is 0.856. The molecule has 0 aliphatic heterocycles. The Labute approximate surface area is 137 Å². The van der Waals surface area contributed by atoms with Gasteiger partial charge in [-0.2, -0.15) is 0 Å². The predicted molar refractivity (Wildman–Crippen MR) is 88.2 cm³/mol. The SMILES string of the molecule is COc1ccc(C(=O)Nc2ccc(Br)cc2)cc1S(C)(=O)=O. The van der Waals surface area contributed by atoms with Crippen LogP contribution in [0, 0.1) is 0 Å². The molecule has 2 rings (SSSR count).